The van der Waals surface area contributed by atoms with Gasteiger partial charge in [0.25, 0.3) is 6.43 Å². The Morgan fingerprint density at radius 1 is 1.17 bits per heavy atom. The lowest BCUT2D eigenvalue weighted by Crippen LogP contribution is -2.00. The molecule has 6 heavy (non-hydrogen) atoms. The van der Waals surface area contributed by atoms with E-state index in [2.05, 4.69) is 0 Å². The van der Waals surface area contributed by atoms with E-state index in [-0.39, 0.29) is 0 Å². The van der Waals surface area contributed by atoms with E-state index in [1.165, 1.54) is 0 Å². The zero-order valence-corrected chi connectivity index (χ0v) is 4.25. The largest absolute Gasteiger partial charge is 0.279 e. The first-order valence-electron chi connectivity index (χ1n) is 1.21. The Morgan fingerprint density at radius 3 is 1.33 bits per heavy atom. The normalized spacial score (nSPS) is 15.5. The van der Waals surface area contributed by atoms with Crippen LogP contribution in [-0.2, 0) is 0 Å². The molecule has 0 aromatic carbocycles. The number of hydrogen-bond donors (Lipinski definition) is 0. The lowest BCUT2D eigenvalue weighted by molar-refractivity contribution is 0.0986. The van der Waals surface area contributed by atoms with Gasteiger partial charge in [0.15, 0.2) is 0 Å². The Bertz CT molecular complexity index is 29.8. The maximum atomic E-state index is 11.0. The van der Waals surface area contributed by atoms with Crippen molar-refractivity contribution >= 4 is 15.9 Å². The van der Waals surface area contributed by atoms with Crippen molar-refractivity contribution in [2.75, 3.05) is 0 Å². The second-order valence-electron chi connectivity index (χ2n) is 0.669. The molecule has 0 N–H and O–H groups in total. The topological polar surface area (TPSA) is 0 Å². The third-order valence-corrected chi connectivity index (χ3v) is 0.590. The summed E-state index contributed by atoms with van der Waals surface area (Å²) in [5.74, 6) is 0. The average molecular weight is 163 g/mol. The highest BCUT2D eigenvalue weighted by Gasteiger charge is 2.12. The Kier molecular flexibility index (Phi) is 2.55. The van der Waals surface area contributed by atoms with Crippen molar-refractivity contribution in [2.24, 2.45) is 0 Å². The predicted octanol–water partition coefficient (Wildman–Crippen LogP) is 1.94. The zero-order chi connectivity index (χ0) is 5.15. The lowest BCUT2D eigenvalue weighted by Gasteiger charge is -1.91. The van der Waals surface area contributed by atoms with Crippen LogP contribution in [0.1, 0.15) is 0 Å². The van der Waals surface area contributed by atoms with Gasteiger partial charge in [0, 0.05) is 0 Å². The van der Waals surface area contributed by atoms with E-state index in [0.717, 1.165) is 0 Å². The molecule has 0 rings (SSSR count). The minimum absolute atomic E-state index is 2.02. The van der Waals surface area contributed by atoms with Crippen molar-refractivity contribution in [3.63, 3.8) is 0 Å². The van der Waals surface area contributed by atoms with E-state index in [4.69, 9.17) is 0 Å². The molecular weight excluding hydrogens is 161 g/mol. The molecule has 1 atom stereocenters. The summed E-state index contributed by atoms with van der Waals surface area (Å²) in [6, 6.07) is 0. The van der Waals surface area contributed by atoms with Crippen LogP contribution in [0.4, 0.5) is 13.2 Å². The molecule has 0 radical (unpaired) electrons. The average Bonchev–Trinajstić information content (AvgIpc) is 1.36. The van der Waals surface area contributed by atoms with Gasteiger partial charge in [-0.2, -0.15) is 0 Å². The summed E-state index contributed by atoms with van der Waals surface area (Å²) < 4.78 is 32.5. The monoisotopic (exact) mass is 162 g/mol. The Balaban J connectivity index is 2.99. The molecule has 0 nitrogen and oxygen atoms in total. The first-order valence-corrected chi connectivity index (χ1v) is 2.12. The van der Waals surface area contributed by atoms with Crippen molar-refractivity contribution in [1.29, 1.82) is 0 Å². The van der Waals surface area contributed by atoms with E-state index in [0.29, 0.717) is 0 Å². The summed E-state index contributed by atoms with van der Waals surface area (Å²) in [5, 5.41) is -2.17. The third kappa shape index (κ3) is 2.50. The van der Waals surface area contributed by atoms with Crippen LogP contribution in [0.3, 0.4) is 0 Å². The van der Waals surface area contributed by atoms with Gasteiger partial charge in [0.2, 0.25) is 5.08 Å². The number of alkyl halides is 4. The van der Waals surface area contributed by atoms with Gasteiger partial charge in [-0.25, -0.2) is 13.2 Å². The molecule has 0 spiro atoms. The highest BCUT2D eigenvalue weighted by atomic mass is 79.9. The molecule has 0 aromatic heterocycles. The fourth-order valence-electron chi connectivity index (χ4n) is 0. The summed E-state index contributed by atoms with van der Waals surface area (Å²) >= 11 is 2.02. The van der Waals surface area contributed by atoms with Gasteiger partial charge in [-0.15, -0.1) is 0 Å². The molecule has 0 heterocycles. The van der Waals surface area contributed by atoms with Crippen LogP contribution >= 0.6 is 15.9 Å². The molecule has 1 unspecified atom stereocenters. The van der Waals surface area contributed by atoms with E-state index < -0.39 is 11.5 Å². The van der Waals surface area contributed by atoms with Gasteiger partial charge < -0.3 is 0 Å². The molecule has 0 bridgehead atoms. The van der Waals surface area contributed by atoms with Crippen LogP contribution in [0.15, 0.2) is 0 Å². The van der Waals surface area contributed by atoms with Crippen molar-refractivity contribution in [2.45, 2.75) is 11.5 Å². The van der Waals surface area contributed by atoms with Crippen LogP contribution in [0, 0.1) is 0 Å². The number of halogens is 4. The Morgan fingerprint density at radius 2 is 1.33 bits per heavy atom. The lowest BCUT2D eigenvalue weighted by atomic mass is 10.8. The predicted molar refractivity (Wildman–Crippen MR) is 19.8 cm³/mol. The van der Waals surface area contributed by atoms with Gasteiger partial charge in [-0.05, 0) is 15.9 Å². The summed E-state index contributed by atoms with van der Waals surface area (Å²) in [4.78, 5) is 0. The van der Waals surface area contributed by atoms with Crippen molar-refractivity contribution in [3.05, 3.63) is 0 Å². The summed E-state index contributed by atoms with van der Waals surface area (Å²) in [6.07, 6.45) is -2.90. The highest BCUT2D eigenvalue weighted by molar-refractivity contribution is 9.09. The fourth-order valence-corrected chi connectivity index (χ4v) is 0. The van der Waals surface area contributed by atoms with Crippen LogP contribution in [-0.4, -0.2) is 11.5 Å². The highest BCUT2D eigenvalue weighted by Crippen LogP contribution is 2.10. The quantitative estimate of drug-likeness (QED) is 0.518. The van der Waals surface area contributed by atoms with Gasteiger partial charge in [-0.1, -0.05) is 0 Å². The van der Waals surface area contributed by atoms with Gasteiger partial charge in [0.05, 0.1) is 0 Å². The standard InChI is InChI=1S/C2H2BrF3/c3-1(4)2(5)6/h1-2H. The molecular formula is C2H2BrF3. The van der Waals surface area contributed by atoms with E-state index >= 15 is 0 Å². The first kappa shape index (κ1) is 6.27. The Hall–Kier alpha value is 0.270. The van der Waals surface area contributed by atoms with E-state index in [9.17, 15) is 13.2 Å². The van der Waals surface area contributed by atoms with Crippen molar-refractivity contribution in [3.8, 4) is 0 Å². The molecule has 0 saturated carbocycles. The van der Waals surface area contributed by atoms with E-state index in [1.807, 2.05) is 15.9 Å². The van der Waals surface area contributed by atoms with Crippen LogP contribution in [0.25, 0.3) is 0 Å². The maximum absolute atomic E-state index is 11.0. The minimum Gasteiger partial charge on any atom is -0.229 e. The first-order chi connectivity index (χ1) is 2.64. The SMILES string of the molecule is FC(F)C(F)Br. The summed E-state index contributed by atoms with van der Waals surface area (Å²) in [7, 11) is 0. The smallest absolute Gasteiger partial charge is 0.229 e. The van der Waals surface area contributed by atoms with Crippen LogP contribution in [0.2, 0.25) is 0 Å². The molecule has 0 amide bonds. The Labute approximate surface area is 41.5 Å². The third-order valence-electron chi connectivity index (χ3n) is 0.190. The van der Waals surface area contributed by atoms with Gasteiger partial charge in [-0.3, -0.25) is 0 Å². The molecule has 0 aromatic rings. The molecule has 0 saturated heterocycles. The number of hydrogen-bond acceptors (Lipinski definition) is 0. The summed E-state index contributed by atoms with van der Waals surface area (Å²) in [5.41, 5.74) is 0. The minimum atomic E-state index is -2.90. The maximum Gasteiger partial charge on any atom is 0.279 e. The number of rotatable bonds is 1. The van der Waals surface area contributed by atoms with Gasteiger partial charge >= 0.3 is 0 Å². The molecule has 0 aliphatic rings. The molecule has 0 fully saturated rings. The second-order valence-corrected chi connectivity index (χ2v) is 1.54. The van der Waals surface area contributed by atoms with E-state index in [1.54, 1.807) is 0 Å². The second kappa shape index (κ2) is 2.44. The molecule has 0 aliphatic carbocycles. The molecule has 38 valence electrons. The zero-order valence-electron chi connectivity index (χ0n) is 2.67. The van der Waals surface area contributed by atoms with Crippen molar-refractivity contribution < 1.29 is 13.2 Å². The summed E-state index contributed by atoms with van der Waals surface area (Å²) in [6.45, 7) is 0. The molecule has 0 aliphatic heterocycles. The van der Waals surface area contributed by atoms with Crippen molar-refractivity contribution in [1.82, 2.24) is 0 Å². The van der Waals surface area contributed by atoms with Gasteiger partial charge in [0.1, 0.15) is 0 Å². The molecule has 4 heteroatoms. The van der Waals surface area contributed by atoms with Crippen LogP contribution < -0.4 is 0 Å². The fraction of sp³-hybridized carbons (Fsp3) is 1.00. The van der Waals surface area contributed by atoms with Crippen LogP contribution in [0.5, 0.6) is 0 Å².